The molecule has 88 valence electrons. The lowest BCUT2D eigenvalue weighted by atomic mass is 10.3. The van der Waals surface area contributed by atoms with Crippen LogP contribution in [0.2, 0.25) is 0 Å². The van der Waals surface area contributed by atoms with Gasteiger partial charge in [0, 0.05) is 6.20 Å². The van der Waals surface area contributed by atoms with Gasteiger partial charge in [0.15, 0.2) is 5.76 Å². The number of rotatable bonds is 3. The summed E-state index contributed by atoms with van der Waals surface area (Å²) in [5, 5.41) is 0. The lowest BCUT2D eigenvalue weighted by molar-refractivity contribution is 0.0942. The first-order chi connectivity index (χ1) is 8.09. The van der Waals surface area contributed by atoms with Crippen LogP contribution in [-0.4, -0.2) is 15.3 Å². The highest BCUT2D eigenvalue weighted by Gasteiger charge is 2.13. The van der Waals surface area contributed by atoms with Gasteiger partial charge in [-0.1, -0.05) is 0 Å². The fourth-order valence-corrected chi connectivity index (χ4v) is 1.71. The topological polar surface area (TPSA) is 65.1 Å². The molecule has 0 aromatic carbocycles. The maximum absolute atomic E-state index is 11.8. The van der Waals surface area contributed by atoms with Crippen LogP contribution in [0.15, 0.2) is 38.3 Å². The Labute approximate surface area is 105 Å². The quantitative estimate of drug-likeness (QED) is 0.810. The molecule has 2 rings (SSSR count). The molecule has 0 N–H and O–H groups in total. The summed E-state index contributed by atoms with van der Waals surface area (Å²) in [6.07, 6.45) is 2.84. The molecule has 0 aliphatic carbocycles. The van der Waals surface area contributed by atoms with E-state index in [0.717, 1.165) is 0 Å². The zero-order valence-electron chi connectivity index (χ0n) is 9.01. The van der Waals surface area contributed by atoms with Crippen molar-refractivity contribution in [1.29, 1.82) is 0 Å². The third-order valence-electron chi connectivity index (χ3n) is 2.30. The van der Waals surface area contributed by atoms with E-state index in [4.69, 9.17) is 4.42 Å². The number of aryl methyl sites for hydroxylation is 1. The first-order valence-electron chi connectivity index (χ1n) is 4.88. The summed E-state index contributed by atoms with van der Waals surface area (Å²) >= 11 is 3.09. The largest absolute Gasteiger partial charge is 0.461 e. The van der Waals surface area contributed by atoms with E-state index in [9.17, 15) is 9.59 Å². The summed E-state index contributed by atoms with van der Waals surface area (Å²) in [6, 6.07) is 3.19. The number of Topliss-reactive ketones (excluding diaryl/α,β-unsaturated/α-hetero) is 1. The van der Waals surface area contributed by atoms with Gasteiger partial charge in [0.1, 0.15) is 10.3 Å². The Morgan fingerprint density at radius 1 is 1.59 bits per heavy atom. The van der Waals surface area contributed by atoms with E-state index >= 15 is 0 Å². The van der Waals surface area contributed by atoms with Gasteiger partial charge in [-0.25, -0.2) is 4.98 Å². The highest BCUT2D eigenvalue weighted by atomic mass is 79.9. The summed E-state index contributed by atoms with van der Waals surface area (Å²) in [6.45, 7) is 1.59. The van der Waals surface area contributed by atoms with Gasteiger partial charge < -0.3 is 4.42 Å². The number of nitrogens with zero attached hydrogens (tertiary/aromatic N) is 2. The van der Waals surface area contributed by atoms with E-state index in [0.29, 0.717) is 10.3 Å². The third kappa shape index (κ3) is 2.36. The Morgan fingerprint density at radius 2 is 2.35 bits per heavy atom. The van der Waals surface area contributed by atoms with Crippen LogP contribution >= 0.6 is 15.9 Å². The molecule has 0 saturated heterocycles. The lowest BCUT2D eigenvalue weighted by Crippen LogP contribution is -2.27. The molecule has 2 aromatic heterocycles. The summed E-state index contributed by atoms with van der Waals surface area (Å²) in [7, 11) is 0. The average molecular weight is 297 g/mol. The van der Waals surface area contributed by atoms with Crippen LogP contribution in [0.1, 0.15) is 16.4 Å². The number of aromatic nitrogens is 2. The molecule has 5 nitrogen and oxygen atoms in total. The highest BCUT2D eigenvalue weighted by Crippen LogP contribution is 2.05. The van der Waals surface area contributed by atoms with Crippen LogP contribution < -0.4 is 5.56 Å². The molecule has 0 fully saturated rings. The number of furan rings is 1. The summed E-state index contributed by atoms with van der Waals surface area (Å²) in [5.74, 6) is 0.453. The van der Waals surface area contributed by atoms with Crippen molar-refractivity contribution in [3.05, 3.63) is 51.0 Å². The molecular weight excluding hydrogens is 288 g/mol. The van der Waals surface area contributed by atoms with Crippen molar-refractivity contribution in [3.8, 4) is 0 Å². The molecule has 6 heteroatoms. The lowest BCUT2D eigenvalue weighted by Gasteiger charge is -2.07. The van der Waals surface area contributed by atoms with Gasteiger partial charge in [-0.15, -0.1) is 0 Å². The average Bonchev–Trinajstić information content (AvgIpc) is 2.83. The maximum atomic E-state index is 11.8. The number of hydrogen-bond acceptors (Lipinski definition) is 4. The van der Waals surface area contributed by atoms with E-state index in [-0.39, 0.29) is 23.6 Å². The summed E-state index contributed by atoms with van der Waals surface area (Å²) < 4.78 is 6.61. The molecule has 0 aliphatic heterocycles. The second-order valence-corrected chi connectivity index (χ2v) is 4.30. The predicted molar refractivity (Wildman–Crippen MR) is 64.0 cm³/mol. The normalized spacial score (nSPS) is 10.5. The molecule has 0 bridgehead atoms. The van der Waals surface area contributed by atoms with Crippen molar-refractivity contribution >= 4 is 21.7 Å². The molecule has 2 heterocycles. The maximum Gasteiger partial charge on any atom is 0.268 e. The Bertz CT molecular complexity index is 602. The Kier molecular flexibility index (Phi) is 3.23. The molecule has 0 aliphatic rings. The first-order valence-corrected chi connectivity index (χ1v) is 5.67. The van der Waals surface area contributed by atoms with Gasteiger partial charge in [0.2, 0.25) is 5.78 Å². The highest BCUT2D eigenvalue weighted by molar-refractivity contribution is 9.10. The number of halogens is 1. The van der Waals surface area contributed by atoms with Crippen LogP contribution in [0.5, 0.6) is 0 Å². The number of hydrogen-bond donors (Lipinski definition) is 0. The molecular formula is C11H9BrN2O3. The fourth-order valence-electron chi connectivity index (χ4n) is 1.40. The Hall–Kier alpha value is -1.69. The summed E-state index contributed by atoms with van der Waals surface area (Å²) in [5.41, 5.74) is -0.280. The second-order valence-electron chi connectivity index (χ2n) is 3.45. The van der Waals surface area contributed by atoms with Crippen LogP contribution in [0.25, 0.3) is 0 Å². The van der Waals surface area contributed by atoms with Crippen molar-refractivity contribution in [1.82, 2.24) is 9.55 Å². The summed E-state index contributed by atoms with van der Waals surface area (Å²) in [4.78, 5) is 27.6. The van der Waals surface area contributed by atoms with E-state index in [1.54, 1.807) is 19.1 Å². The van der Waals surface area contributed by atoms with Crippen molar-refractivity contribution in [2.45, 2.75) is 13.5 Å². The Balaban J connectivity index is 2.34. The van der Waals surface area contributed by atoms with Gasteiger partial charge in [-0.2, -0.15) is 0 Å². The van der Waals surface area contributed by atoms with Crippen molar-refractivity contribution in [2.24, 2.45) is 0 Å². The van der Waals surface area contributed by atoms with Crippen molar-refractivity contribution in [3.63, 3.8) is 0 Å². The smallest absolute Gasteiger partial charge is 0.268 e. The molecule has 17 heavy (non-hydrogen) atoms. The van der Waals surface area contributed by atoms with Crippen LogP contribution in [0, 0.1) is 6.92 Å². The minimum absolute atomic E-state index is 0.0788. The third-order valence-corrected chi connectivity index (χ3v) is 2.85. The number of ketones is 1. The molecule has 0 unspecified atom stereocenters. The minimum Gasteiger partial charge on any atom is -0.461 e. The predicted octanol–water partition coefficient (Wildman–Crippen LogP) is 1.79. The molecule has 0 atom stereocenters. The number of carbonyl (C=O) groups excluding carboxylic acids is 1. The van der Waals surface area contributed by atoms with Crippen LogP contribution in [0.4, 0.5) is 0 Å². The fraction of sp³-hybridized carbons (Fsp3) is 0.182. The van der Waals surface area contributed by atoms with Gasteiger partial charge in [-0.05, 0) is 35.0 Å². The van der Waals surface area contributed by atoms with E-state index in [1.807, 2.05) is 0 Å². The second kappa shape index (κ2) is 4.67. The first kappa shape index (κ1) is 11.8. The SMILES string of the molecule is Cc1ncc(Br)c(=O)n1CC(=O)c1ccco1. The van der Waals surface area contributed by atoms with Gasteiger partial charge in [0.05, 0.1) is 12.8 Å². The molecule has 0 spiro atoms. The van der Waals surface area contributed by atoms with Crippen molar-refractivity contribution in [2.75, 3.05) is 0 Å². The van der Waals surface area contributed by atoms with Crippen LogP contribution in [-0.2, 0) is 6.54 Å². The zero-order valence-corrected chi connectivity index (χ0v) is 10.6. The molecule has 0 saturated carbocycles. The van der Waals surface area contributed by atoms with Gasteiger partial charge >= 0.3 is 0 Å². The Morgan fingerprint density at radius 3 is 3.00 bits per heavy atom. The van der Waals surface area contributed by atoms with Crippen molar-refractivity contribution < 1.29 is 9.21 Å². The molecule has 2 aromatic rings. The monoisotopic (exact) mass is 296 g/mol. The molecule has 0 radical (unpaired) electrons. The van der Waals surface area contributed by atoms with Crippen LogP contribution in [0.3, 0.4) is 0 Å². The minimum atomic E-state index is -0.280. The van der Waals surface area contributed by atoms with E-state index < -0.39 is 0 Å². The van der Waals surface area contributed by atoms with E-state index in [1.165, 1.54) is 17.0 Å². The zero-order chi connectivity index (χ0) is 12.4. The van der Waals surface area contributed by atoms with Gasteiger partial charge in [-0.3, -0.25) is 14.2 Å². The molecule has 0 amide bonds. The van der Waals surface area contributed by atoms with E-state index in [2.05, 4.69) is 20.9 Å². The van der Waals surface area contributed by atoms with Gasteiger partial charge in [0.25, 0.3) is 5.56 Å². The number of carbonyl (C=O) groups is 1. The standard InChI is InChI=1S/C11H9BrN2O3/c1-7-13-5-8(12)11(16)14(7)6-9(15)10-3-2-4-17-10/h2-5H,6H2,1H3.